The van der Waals surface area contributed by atoms with Crippen molar-refractivity contribution in [3.8, 4) is 0 Å². The number of anilines is 1. The Bertz CT molecular complexity index is 579. The number of nitro groups is 1. The first kappa shape index (κ1) is 13.0. The maximum absolute atomic E-state index is 11.0. The fourth-order valence-corrected chi connectivity index (χ4v) is 1.93. The van der Waals surface area contributed by atoms with E-state index in [1.165, 1.54) is 4.68 Å². The van der Waals surface area contributed by atoms with Crippen molar-refractivity contribution in [2.75, 3.05) is 11.9 Å². The molecule has 0 aliphatic rings. The first-order valence-corrected chi connectivity index (χ1v) is 5.90. The highest BCUT2D eigenvalue weighted by Gasteiger charge is 2.23. The molecular formula is C12H15N5O2. The van der Waals surface area contributed by atoms with Crippen molar-refractivity contribution in [3.05, 3.63) is 45.9 Å². The molecule has 0 atom stereocenters. The Labute approximate surface area is 110 Å². The van der Waals surface area contributed by atoms with Crippen LogP contribution in [0.25, 0.3) is 0 Å². The summed E-state index contributed by atoms with van der Waals surface area (Å²) >= 11 is 0. The molecule has 7 heteroatoms. The first-order chi connectivity index (χ1) is 9.09. The molecular weight excluding hydrogens is 246 g/mol. The van der Waals surface area contributed by atoms with Crippen LogP contribution in [0, 0.1) is 17.0 Å². The van der Waals surface area contributed by atoms with Crippen LogP contribution in [0.1, 0.15) is 11.3 Å². The first-order valence-electron chi connectivity index (χ1n) is 5.90. The molecule has 0 saturated heterocycles. The van der Waals surface area contributed by atoms with Gasteiger partial charge >= 0.3 is 5.69 Å². The van der Waals surface area contributed by atoms with Crippen LogP contribution in [-0.2, 0) is 13.5 Å². The van der Waals surface area contributed by atoms with Gasteiger partial charge in [0, 0.05) is 26.0 Å². The van der Waals surface area contributed by atoms with Crippen molar-refractivity contribution in [1.29, 1.82) is 0 Å². The Morgan fingerprint density at radius 2 is 2.32 bits per heavy atom. The predicted octanol–water partition coefficient (Wildman–Crippen LogP) is 1.69. The third-order valence-corrected chi connectivity index (χ3v) is 2.80. The average molecular weight is 261 g/mol. The Morgan fingerprint density at radius 1 is 1.53 bits per heavy atom. The minimum Gasteiger partial charge on any atom is -0.364 e. The third-order valence-electron chi connectivity index (χ3n) is 2.80. The topological polar surface area (TPSA) is 85.9 Å². The summed E-state index contributed by atoms with van der Waals surface area (Å²) in [7, 11) is 1.69. The van der Waals surface area contributed by atoms with Gasteiger partial charge in [0.15, 0.2) is 0 Å². The summed E-state index contributed by atoms with van der Waals surface area (Å²) in [4.78, 5) is 14.6. The summed E-state index contributed by atoms with van der Waals surface area (Å²) < 4.78 is 1.50. The Balaban J connectivity index is 2.06. The van der Waals surface area contributed by atoms with Gasteiger partial charge in [-0.15, -0.1) is 0 Å². The van der Waals surface area contributed by atoms with Gasteiger partial charge < -0.3 is 5.32 Å². The van der Waals surface area contributed by atoms with Crippen LogP contribution in [-0.4, -0.2) is 26.2 Å². The molecule has 0 fully saturated rings. The van der Waals surface area contributed by atoms with Crippen LogP contribution in [0.2, 0.25) is 0 Å². The van der Waals surface area contributed by atoms with Crippen LogP contribution in [0.4, 0.5) is 11.5 Å². The number of hydrogen-bond acceptors (Lipinski definition) is 5. The quantitative estimate of drug-likeness (QED) is 0.653. The molecule has 2 heterocycles. The van der Waals surface area contributed by atoms with E-state index in [4.69, 9.17) is 0 Å². The van der Waals surface area contributed by atoms with E-state index in [9.17, 15) is 10.1 Å². The van der Waals surface area contributed by atoms with Crippen molar-refractivity contribution in [2.45, 2.75) is 13.3 Å². The third kappa shape index (κ3) is 2.87. The van der Waals surface area contributed by atoms with E-state index in [1.807, 2.05) is 12.1 Å². The largest absolute Gasteiger partial charge is 0.364 e. The molecule has 0 saturated carbocycles. The second-order valence-electron chi connectivity index (χ2n) is 4.20. The Morgan fingerprint density at radius 3 is 2.95 bits per heavy atom. The van der Waals surface area contributed by atoms with Gasteiger partial charge in [0.2, 0.25) is 5.82 Å². The zero-order valence-electron chi connectivity index (χ0n) is 10.8. The molecule has 2 aromatic rings. The molecule has 0 aliphatic heterocycles. The maximum Gasteiger partial charge on any atom is 0.333 e. The molecule has 19 heavy (non-hydrogen) atoms. The van der Waals surface area contributed by atoms with Crippen molar-refractivity contribution in [2.24, 2.45) is 7.05 Å². The lowest BCUT2D eigenvalue weighted by molar-refractivity contribution is -0.384. The lowest BCUT2D eigenvalue weighted by atomic mass is 10.2. The van der Waals surface area contributed by atoms with Crippen molar-refractivity contribution >= 4 is 11.5 Å². The molecule has 100 valence electrons. The van der Waals surface area contributed by atoms with Gasteiger partial charge in [0.05, 0.1) is 4.92 Å². The van der Waals surface area contributed by atoms with E-state index in [0.717, 1.165) is 12.0 Å². The molecule has 1 N–H and O–H groups in total. The maximum atomic E-state index is 11.0. The highest BCUT2D eigenvalue weighted by Crippen LogP contribution is 2.26. The number of pyridine rings is 1. The number of aryl methyl sites for hydroxylation is 2. The molecule has 0 spiro atoms. The highest BCUT2D eigenvalue weighted by molar-refractivity contribution is 5.59. The van der Waals surface area contributed by atoms with Crippen LogP contribution in [0.15, 0.2) is 24.5 Å². The van der Waals surface area contributed by atoms with E-state index in [1.54, 1.807) is 26.4 Å². The minimum atomic E-state index is -0.408. The standard InChI is InChI=1S/C12H15N5O2/c1-9-11(17(18)19)12(16(2)15-9)14-7-5-10-4-3-6-13-8-10/h3-4,6,8,14H,5,7H2,1-2H3. The summed E-state index contributed by atoms with van der Waals surface area (Å²) in [6, 6.07) is 3.84. The molecule has 0 unspecified atom stereocenters. The van der Waals surface area contributed by atoms with Gasteiger partial charge in [0.25, 0.3) is 0 Å². The molecule has 2 rings (SSSR count). The molecule has 0 aromatic carbocycles. The number of nitrogens with one attached hydrogen (secondary N) is 1. The van der Waals surface area contributed by atoms with E-state index >= 15 is 0 Å². The fraction of sp³-hybridized carbons (Fsp3) is 0.333. The van der Waals surface area contributed by atoms with Crippen molar-refractivity contribution < 1.29 is 4.92 Å². The van der Waals surface area contributed by atoms with Gasteiger partial charge in [-0.1, -0.05) is 6.07 Å². The van der Waals surface area contributed by atoms with E-state index in [2.05, 4.69) is 15.4 Å². The predicted molar refractivity (Wildman–Crippen MR) is 71.0 cm³/mol. The van der Waals surface area contributed by atoms with E-state index in [-0.39, 0.29) is 5.69 Å². The highest BCUT2D eigenvalue weighted by atomic mass is 16.6. The number of nitrogens with zero attached hydrogens (tertiary/aromatic N) is 4. The lowest BCUT2D eigenvalue weighted by Crippen LogP contribution is -2.10. The number of hydrogen-bond donors (Lipinski definition) is 1. The summed E-state index contributed by atoms with van der Waals surface area (Å²) in [5.74, 6) is 0.436. The molecule has 2 aromatic heterocycles. The zero-order chi connectivity index (χ0) is 13.8. The van der Waals surface area contributed by atoms with E-state index < -0.39 is 4.92 Å². The summed E-state index contributed by atoms with van der Waals surface area (Å²) in [6.45, 7) is 2.22. The SMILES string of the molecule is Cc1nn(C)c(NCCc2cccnc2)c1[N+](=O)[O-]. The van der Waals surface area contributed by atoms with Crippen LogP contribution < -0.4 is 5.32 Å². The second kappa shape index (κ2) is 5.47. The number of aromatic nitrogens is 3. The van der Waals surface area contributed by atoms with Gasteiger partial charge in [-0.3, -0.25) is 15.1 Å². The molecule has 0 radical (unpaired) electrons. The van der Waals surface area contributed by atoms with Gasteiger partial charge in [-0.2, -0.15) is 5.10 Å². The second-order valence-corrected chi connectivity index (χ2v) is 4.20. The zero-order valence-corrected chi connectivity index (χ0v) is 10.8. The lowest BCUT2D eigenvalue weighted by Gasteiger charge is -2.05. The fourth-order valence-electron chi connectivity index (χ4n) is 1.93. The molecule has 0 aliphatic carbocycles. The van der Waals surface area contributed by atoms with Gasteiger partial charge in [-0.25, -0.2) is 4.68 Å². The molecule has 0 bridgehead atoms. The Kier molecular flexibility index (Phi) is 3.74. The van der Waals surface area contributed by atoms with Gasteiger partial charge in [-0.05, 0) is 25.0 Å². The Hall–Kier alpha value is -2.44. The average Bonchev–Trinajstić information content (AvgIpc) is 2.65. The van der Waals surface area contributed by atoms with Crippen LogP contribution in [0.3, 0.4) is 0 Å². The number of rotatable bonds is 5. The monoisotopic (exact) mass is 261 g/mol. The van der Waals surface area contributed by atoms with E-state index in [0.29, 0.717) is 18.1 Å². The van der Waals surface area contributed by atoms with Crippen LogP contribution >= 0.6 is 0 Å². The van der Waals surface area contributed by atoms with Crippen molar-refractivity contribution in [3.63, 3.8) is 0 Å². The molecule has 0 amide bonds. The summed E-state index contributed by atoms with van der Waals surface area (Å²) in [5, 5.41) is 18.1. The molecule has 7 nitrogen and oxygen atoms in total. The van der Waals surface area contributed by atoms with Crippen molar-refractivity contribution in [1.82, 2.24) is 14.8 Å². The summed E-state index contributed by atoms with van der Waals surface area (Å²) in [6.07, 6.45) is 4.24. The smallest absolute Gasteiger partial charge is 0.333 e. The van der Waals surface area contributed by atoms with Crippen LogP contribution in [0.5, 0.6) is 0 Å². The van der Waals surface area contributed by atoms with Gasteiger partial charge in [0.1, 0.15) is 5.69 Å². The normalized spacial score (nSPS) is 10.4. The minimum absolute atomic E-state index is 0.0358. The summed E-state index contributed by atoms with van der Waals surface area (Å²) in [5.41, 5.74) is 1.53.